The van der Waals surface area contributed by atoms with Gasteiger partial charge in [0.1, 0.15) is 5.75 Å². The van der Waals surface area contributed by atoms with Crippen molar-refractivity contribution in [2.45, 2.75) is 13.8 Å². The minimum Gasteiger partial charge on any atom is -0.506 e. The van der Waals surface area contributed by atoms with Gasteiger partial charge in [-0.05, 0) is 31.0 Å². The summed E-state index contributed by atoms with van der Waals surface area (Å²) in [6, 6.07) is 1.85. The van der Waals surface area contributed by atoms with Crippen LogP contribution in [0.4, 0.5) is 5.69 Å². The van der Waals surface area contributed by atoms with Crippen molar-refractivity contribution in [1.82, 2.24) is 0 Å². The van der Waals surface area contributed by atoms with Crippen LogP contribution in [-0.4, -0.2) is 5.11 Å². The maximum absolute atomic E-state index is 9.37. The molecule has 0 saturated heterocycles. The zero-order valence-electron chi connectivity index (χ0n) is 6.48. The summed E-state index contributed by atoms with van der Waals surface area (Å²) in [6.45, 7) is 3.68. The highest BCUT2D eigenvalue weighted by Crippen LogP contribution is 2.32. The van der Waals surface area contributed by atoms with Gasteiger partial charge in [0.25, 0.3) is 0 Å². The van der Waals surface area contributed by atoms with E-state index in [9.17, 15) is 5.11 Å². The smallest absolute Gasteiger partial charge is 0.141 e. The second-order valence-electron chi connectivity index (χ2n) is 2.56. The highest BCUT2D eigenvalue weighted by molar-refractivity contribution is 9.10. The normalized spacial score (nSPS) is 10.1. The number of halogens is 1. The second kappa shape index (κ2) is 2.74. The number of nitrogens with two attached hydrogens (primary N) is 1. The Bertz CT molecular complexity index is 270. The number of hydrogen-bond acceptors (Lipinski definition) is 2. The third-order valence-corrected chi connectivity index (χ3v) is 2.56. The molecule has 0 aliphatic carbocycles. The van der Waals surface area contributed by atoms with E-state index in [0.717, 1.165) is 15.6 Å². The number of anilines is 1. The van der Waals surface area contributed by atoms with Gasteiger partial charge in [0, 0.05) is 4.47 Å². The van der Waals surface area contributed by atoms with Gasteiger partial charge in [0.05, 0.1) is 5.69 Å². The molecule has 1 aromatic rings. The molecule has 0 fully saturated rings. The van der Waals surface area contributed by atoms with Crippen molar-refractivity contribution in [3.63, 3.8) is 0 Å². The first-order valence-electron chi connectivity index (χ1n) is 3.28. The van der Waals surface area contributed by atoms with Crippen LogP contribution in [0.5, 0.6) is 5.75 Å². The highest BCUT2D eigenvalue weighted by atomic mass is 79.9. The van der Waals surface area contributed by atoms with Crippen LogP contribution in [0.3, 0.4) is 0 Å². The lowest BCUT2D eigenvalue weighted by Crippen LogP contribution is -1.92. The molecule has 0 heterocycles. The van der Waals surface area contributed by atoms with Gasteiger partial charge < -0.3 is 10.8 Å². The average Bonchev–Trinajstić information content (AvgIpc) is 1.97. The summed E-state index contributed by atoms with van der Waals surface area (Å²) in [5.74, 6) is 0.186. The molecule has 60 valence electrons. The summed E-state index contributed by atoms with van der Waals surface area (Å²) < 4.78 is 0.935. The molecule has 0 spiro atoms. The van der Waals surface area contributed by atoms with Gasteiger partial charge in [-0.2, -0.15) is 0 Å². The SMILES string of the molecule is Cc1cc(Br)c(C)c(N)c1O. The van der Waals surface area contributed by atoms with E-state index >= 15 is 0 Å². The molecule has 0 saturated carbocycles. The van der Waals surface area contributed by atoms with Crippen molar-refractivity contribution >= 4 is 21.6 Å². The summed E-state index contributed by atoms with van der Waals surface area (Å²) in [7, 11) is 0. The summed E-state index contributed by atoms with van der Waals surface area (Å²) in [6.07, 6.45) is 0. The summed E-state index contributed by atoms with van der Waals surface area (Å²) in [5, 5.41) is 9.37. The molecule has 0 unspecified atom stereocenters. The van der Waals surface area contributed by atoms with Crippen LogP contribution in [0, 0.1) is 13.8 Å². The summed E-state index contributed by atoms with van der Waals surface area (Å²) in [5.41, 5.74) is 7.73. The molecular formula is C8H10BrNO. The van der Waals surface area contributed by atoms with E-state index in [2.05, 4.69) is 15.9 Å². The van der Waals surface area contributed by atoms with Gasteiger partial charge in [0.15, 0.2) is 0 Å². The Morgan fingerprint density at radius 3 is 2.55 bits per heavy atom. The maximum Gasteiger partial charge on any atom is 0.141 e. The topological polar surface area (TPSA) is 46.2 Å². The molecule has 11 heavy (non-hydrogen) atoms. The minimum absolute atomic E-state index is 0.186. The van der Waals surface area contributed by atoms with E-state index < -0.39 is 0 Å². The Labute approximate surface area is 74.2 Å². The first-order chi connectivity index (χ1) is 5.04. The van der Waals surface area contributed by atoms with Crippen LogP contribution in [0.2, 0.25) is 0 Å². The van der Waals surface area contributed by atoms with Crippen LogP contribution >= 0.6 is 15.9 Å². The van der Waals surface area contributed by atoms with Gasteiger partial charge in [0.2, 0.25) is 0 Å². The number of hydrogen-bond donors (Lipinski definition) is 2. The van der Waals surface area contributed by atoms with Gasteiger partial charge in [-0.15, -0.1) is 0 Å². The molecule has 0 aliphatic rings. The number of rotatable bonds is 0. The lowest BCUT2D eigenvalue weighted by molar-refractivity contribution is 0.473. The van der Waals surface area contributed by atoms with E-state index in [1.54, 1.807) is 0 Å². The molecule has 0 aromatic heterocycles. The van der Waals surface area contributed by atoms with Crippen molar-refractivity contribution in [2.24, 2.45) is 0 Å². The molecule has 3 heteroatoms. The van der Waals surface area contributed by atoms with Crippen molar-refractivity contribution in [3.05, 3.63) is 21.7 Å². The Kier molecular flexibility index (Phi) is 2.09. The lowest BCUT2D eigenvalue weighted by atomic mass is 10.1. The highest BCUT2D eigenvalue weighted by Gasteiger charge is 2.06. The standard InChI is InChI=1S/C8H10BrNO/c1-4-3-6(9)5(2)7(10)8(4)11/h3,11H,10H2,1-2H3. The van der Waals surface area contributed by atoms with Gasteiger partial charge in [-0.25, -0.2) is 0 Å². The minimum atomic E-state index is 0.186. The molecule has 0 amide bonds. The van der Waals surface area contributed by atoms with E-state index in [-0.39, 0.29) is 5.75 Å². The third kappa shape index (κ3) is 1.33. The molecule has 0 radical (unpaired) electrons. The lowest BCUT2D eigenvalue weighted by Gasteiger charge is -2.07. The molecule has 0 bridgehead atoms. The van der Waals surface area contributed by atoms with Crippen LogP contribution < -0.4 is 5.73 Å². The largest absolute Gasteiger partial charge is 0.506 e. The number of aryl methyl sites for hydroxylation is 1. The fraction of sp³-hybridized carbons (Fsp3) is 0.250. The number of benzene rings is 1. The summed E-state index contributed by atoms with van der Waals surface area (Å²) >= 11 is 3.34. The van der Waals surface area contributed by atoms with Gasteiger partial charge in [-0.1, -0.05) is 15.9 Å². The predicted octanol–water partition coefficient (Wildman–Crippen LogP) is 2.35. The molecular weight excluding hydrogens is 206 g/mol. The maximum atomic E-state index is 9.37. The fourth-order valence-corrected chi connectivity index (χ4v) is 1.44. The van der Waals surface area contributed by atoms with Crippen molar-refractivity contribution in [1.29, 1.82) is 0 Å². The van der Waals surface area contributed by atoms with Crippen molar-refractivity contribution in [3.8, 4) is 5.75 Å². The molecule has 0 atom stereocenters. The van der Waals surface area contributed by atoms with Crippen molar-refractivity contribution < 1.29 is 5.11 Å². The van der Waals surface area contributed by atoms with Crippen LogP contribution in [-0.2, 0) is 0 Å². The first kappa shape index (κ1) is 8.40. The number of phenols is 1. The molecule has 3 N–H and O–H groups in total. The molecule has 0 aliphatic heterocycles. The summed E-state index contributed by atoms with van der Waals surface area (Å²) in [4.78, 5) is 0. The Hall–Kier alpha value is -0.700. The zero-order chi connectivity index (χ0) is 8.59. The predicted molar refractivity (Wildman–Crippen MR) is 49.7 cm³/mol. The molecule has 1 rings (SSSR count). The third-order valence-electron chi connectivity index (χ3n) is 1.73. The van der Waals surface area contributed by atoms with Gasteiger partial charge in [-0.3, -0.25) is 0 Å². The Balaban J connectivity index is 3.46. The Morgan fingerprint density at radius 2 is 2.00 bits per heavy atom. The fourth-order valence-electron chi connectivity index (χ4n) is 0.885. The molecule has 2 nitrogen and oxygen atoms in total. The van der Waals surface area contributed by atoms with E-state index in [0.29, 0.717) is 5.69 Å². The Morgan fingerprint density at radius 1 is 1.45 bits per heavy atom. The average molecular weight is 216 g/mol. The quantitative estimate of drug-likeness (QED) is 0.516. The van der Waals surface area contributed by atoms with E-state index in [1.807, 2.05) is 19.9 Å². The van der Waals surface area contributed by atoms with E-state index in [4.69, 9.17) is 5.73 Å². The van der Waals surface area contributed by atoms with Crippen LogP contribution in [0.1, 0.15) is 11.1 Å². The number of nitrogen functional groups attached to an aromatic ring is 1. The molecule has 1 aromatic carbocycles. The first-order valence-corrected chi connectivity index (χ1v) is 4.07. The number of phenolic OH excluding ortho intramolecular Hbond substituents is 1. The van der Waals surface area contributed by atoms with E-state index in [1.165, 1.54) is 0 Å². The van der Waals surface area contributed by atoms with Crippen LogP contribution in [0.15, 0.2) is 10.5 Å². The zero-order valence-corrected chi connectivity index (χ0v) is 8.07. The monoisotopic (exact) mass is 215 g/mol. The van der Waals surface area contributed by atoms with Crippen molar-refractivity contribution in [2.75, 3.05) is 5.73 Å². The number of aromatic hydroxyl groups is 1. The van der Waals surface area contributed by atoms with Crippen LogP contribution in [0.25, 0.3) is 0 Å². The van der Waals surface area contributed by atoms with Gasteiger partial charge >= 0.3 is 0 Å². The second-order valence-corrected chi connectivity index (χ2v) is 3.42.